The van der Waals surface area contributed by atoms with Crippen molar-refractivity contribution >= 4 is 24.4 Å². The maximum Gasteiger partial charge on any atom is 0.337 e. The molecular weight excluding hydrogens is 165 g/mol. The first kappa shape index (κ1) is 9.64. The van der Waals surface area contributed by atoms with Crippen LogP contribution in [-0.4, -0.2) is 25.4 Å². The van der Waals surface area contributed by atoms with Crippen LogP contribution >= 0.6 is 0 Å². The molecule has 0 heterocycles. The first-order valence-electron chi connectivity index (χ1n) is 4.03. The highest BCUT2D eigenvalue weighted by Crippen LogP contribution is 2.12. The van der Waals surface area contributed by atoms with Gasteiger partial charge >= 0.3 is 5.97 Å². The molecule has 1 aromatic carbocycles. The van der Waals surface area contributed by atoms with Gasteiger partial charge in [0.1, 0.15) is 7.28 Å². The van der Waals surface area contributed by atoms with Crippen molar-refractivity contribution in [2.75, 3.05) is 12.4 Å². The summed E-state index contributed by atoms with van der Waals surface area (Å²) in [6.45, 7) is 1.88. The van der Waals surface area contributed by atoms with Crippen LogP contribution in [0.4, 0.5) is 5.69 Å². The molecule has 13 heavy (non-hydrogen) atoms. The van der Waals surface area contributed by atoms with Crippen molar-refractivity contribution in [3.63, 3.8) is 0 Å². The van der Waals surface area contributed by atoms with Crippen LogP contribution < -0.4 is 10.8 Å². The maximum atomic E-state index is 10.8. The summed E-state index contributed by atoms with van der Waals surface area (Å²) in [4.78, 5) is 10.8. The molecule has 1 aromatic rings. The zero-order valence-corrected chi connectivity index (χ0v) is 7.66. The SMILES string of the molecule is C[B]c1ccc(NC)c(C(=O)O)c1. The molecule has 0 bridgehead atoms. The van der Waals surface area contributed by atoms with Crippen LogP contribution in [0.1, 0.15) is 10.4 Å². The van der Waals surface area contributed by atoms with Crippen LogP contribution in [0.5, 0.6) is 0 Å². The molecule has 0 aromatic heterocycles. The van der Waals surface area contributed by atoms with E-state index in [1.165, 1.54) is 0 Å². The Kier molecular flexibility index (Phi) is 2.95. The van der Waals surface area contributed by atoms with Crippen molar-refractivity contribution in [2.45, 2.75) is 6.82 Å². The van der Waals surface area contributed by atoms with Gasteiger partial charge in [0.15, 0.2) is 0 Å². The van der Waals surface area contributed by atoms with E-state index in [4.69, 9.17) is 5.11 Å². The molecule has 0 fully saturated rings. The van der Waals surface area contributed by atoms with Gasteiger partial charge in [0.2, 0.25) is 0 Å². The van der Waals surface area contributed by atoms with E-state index in [0.717, 1.165) is 5.46 Å². The lowest BCUT2D eigenvalue weighted by Crippen LogP contribution is -2.14. The Bertz CT molecular complexity index is 325. The third-order valence-electron chi connectivity index (χ3n) is 1.88. The van der Waals surface area contributed by atoms with Crippen molar-refractivity contribution < 1.29 is 9.90 Å². The van der Waals surface area contributed by atoms with E-state index >= 15 is 0 Å². The van der Waals surface area contributed by atoms with E-state index in [2.05, 4.69) is 5.32 Å². The molecule has 1 radical (unpaired) electrons. The van der Waals surface area contributed by atoms with Gasteiger partial charge in [-0.1, -0.05) is 24.4 Å². The molecule has 1 rings (SSSR count). The molecule has 0 saturated carbocycles. The Morgan fingerprint density at radius 2 is 2.23 bits per heavy atom. The van der Waals surface area contributed by atoms with E-state index in [1.807, 2.05) is 20.2 Å². The van der Waals surface area contributed by atoms with E-state index < -0.39 is 5.97 Å². The largest absolute Gasteiger partial charge is 0.478 e. The molecule has 3 nitrogen and oxygen atoms in total. The molecule has 2 N–H and O–H groups in total. The molecule has 67 valence electrons. The van der Waals surface area contributed by atoms with Gasteiger partial charge in [-0.2, -0.15) is 0 Å². The Morgan fingerprint density at radius 3 is 2.69 bits per heavy atom. The quantitative estimate of drug-likeness (QED) is 0.669. The zero-order chi connectivity index (χ0) is 9.84. The van der Waals surface area contributed by atoms with Gasteiger partial charge in [0.05, 0.1) is 5.56 Å². The van der Waals surface area contributed by atoms with Gasteiger partial charge in [-0.3, -0.25) is 0 Å². The summed E-state index contributed by atoms with van der Waals surface area (Å²) < 4.78 is 0. The predicted molar refractivity (Wildman–Crippen MR) is 54.2 cm³/mol. The van der Waals surface area contributed by atoms with Crippen molar-refractivity contribution in [2.24, 2.45) is 0 Å². The normalized spacial score (nSPS) is 9.38. The van der Waals surface area contributed by atoms with Gasteiger partial charge in [0, 0.05) is 12.7 Å². The minimum absolute atomic E-state index is 0.304. The molecular formula is C9H11BNO2. The van der Waals surface area contributed by atoms with Crippen molar-refractivity contribution in [1.29, 1.82) is 0 Å². The lowest BCUT2D eigenvalue weighted by molar-refractivity contribution is 0.0698. The van der Waals surface area contributed by atoms with Gasteiger partial charge in [-0.15, -0.1) is 0 Å². The van der Waals surface area contributed by atoms with Gasteiger partial charge in [-0.25, -0.2) is 4.79 Å². The average molecular weight is 176 g/mol. The van der Waals surface area contributed by atoms with E-state index in [0.29, 0.717) is 11.3 Å². The van der Waals surface area contributed by atoms with Gasteiger partial charge in [0.25, 0.3) is 0 Å². The Hall–Kier alpha value is -1.45. The molecule has 0 atom stereocenters. The summed E-state index contributed by atoms with van der Waals surface area (Å²) in [6, 6.07) is 5.28. The Morgan fingerprint density at radius 1 is 1.54 bits per heavy atom. The Labute approximate surface area is 78.0 Å². The second kappa shape index (κ2) is 3.98. The molecule has 4 heteroatoms. The first-order valence-corrected chi connectivity index (χ1v) is 4.03. The fourth-order valence-electron chi connectivity index (χ4n) is 1.14. The first-order chi connectivity index (χ1) is 6.19. The lowest BCUT2D eigenvalue weighted by atomic mass is 9.73. The highest BCUT2D eigenvalue weighted by molar-refractivity contribution is 6.52. The number of carboxylic acid groups (broad SMARTS) is 1. The monoisotopic (exact) mass is 176 g/mol. The van der Waals surface area contributed by atoms with Crippen LogP contribution in [0.25, 0.3) is 0 Å². The topological polar surface area (TPSA) is 49.3 Å². The third kappa shape index (κ3) is 2.02. The molecule has 0 saturated heterocycles. The number of benzene rings is 1. The number of hydrogen-bond donors (Lipinski definition) is 2. The van der Waals surface area contributed by atoms with Gasteiger partial charge < -0.3 is 10.4 Å². The second-order valence-corrected chi connectivity index (χ2v) is 2.65. The standard InChI is InChI=1S/C9H11BNO2/c1-10-6-3-4-8(11-2)7(5-6)9(12)13/h3-5,11H,1-2H3,(H,12,13). The van der Waals surface area contributed by atoms with Crippen LogP contribution in [-0.2, 0) is 0 Å². The van der Waals surface area contributed by atoms with E-state index in [-0.39, 0.29) is 0 Å². The number of anilines is 1. The fraction of sp³-hybridized carbons (Fsp3) is 0.222. The van der Waals surface area contributed by atoms with Gasteiger partial charge in [-0.05, 0) is 6.07 Å². The van der Waals surface area contributed by atoms with Crippen molar-refractivity contribution in [1.82, 2.24) is 0 Å². The van der Waals surface area contributed by atoms with Crippen LogP contribution in [0.15, 0.2) is 18.2 Å². The number of aromatic carboxylic acids is 1. The number of carboxylic acids is 1. The number of carbonyl (C=O) groups is 1. The highest BCUT2D eigenvalue weighted by atomic mass is 16.4. The third-order valence-corrected chi connectivity index (χ3v) is 1.88. The smallest absolute Gasteiger partial charge is 0.337 e. The predicted octanol–water partition coefficient (Wildman–Crippen LogP) is 0.804. The molecule has 0 aliphatic heterocycles. The summed E-state index contributed by atoms with van der Waals surface area (Å²) >= 11 is 0. The van der Waals surface area contributed by atoms with E-state index in [9.17, 15) is 4.79 Å². The summed E-state index contributed by atoms with van der Waals surface area (Å²) in [6.07, 6.45) is 0. The zero-order valence-electron chi connectivity index (χ0n) is 7.66. The summed E-state index contributed by atoms with van der Waals surface area (Å²) in [5.74, 6) is -0.909. The molecule has 0 aliphatic carbocycles. The second-order valence-electron chi connectivity index (χ2n) is 2.65. The molecule has 0 amide bonds. The molecule has 0 unspecified atom stereocenters. The Balaban J connectivity index is 3.18. The van der Waals surface area contributed by atoms with Crippen LogP contribution in [0.3, 0.4) is 0 Å². The summed E-state index contributed by atoms with van der Waals surface area (Å²) in [5.41, 5.74) is 1.85. The molecule has 0 spiro atoms. The average Bonchev–Trinajstić information content (AvgIpc) is 2.16. The minimum atomic E-state index is -0.909. The van der Waals surface area contributed by atoms with Crippen molar-refractivity contribution in [3.8, 4) is 0 Å². The number of nitrogens with one attached hydrogen (secondary N) is 1. The summed E-state index contributed by atoms with van der Waals surface area (Å²) in [5, 5.41) is 11.7. The van der Waals surface area contributed by atoms with Crippen LogP contribution in [0.2, 0.25) is 6.82 Å². The number of hydrogen-bond acceptors (Lipinski definition) is 2. The van der Waals surface area contributed by atoms with Crippen molar-refractivity contribution in [3.05, 3.63) is 23.8 Å². The van der Waals surface area contributed by atoms with E-state index in [1.54, 1.807) is 19.2 Å². The number of rotatable bonds is 3. The highest BCUT2D eigenvalue weighted by Gasteiger charge is 2.08. The summed E-state index contributed by atoms with van der Waals surface area (Å²) in [7, 11) is 3.57. The van der Waals surface area contributed by atoms with Crippen LogP contribution in [0, 0.1) is 0 Å². The maximum absolute atomic E-state index is 10.8. The molecule has 0 aliphatic rings. The minimum Gasteiger partial charge on any atom is -0.478 e. The fourth-order valence-corrected chi connectivity index (χ4v) is 1.14. The lowest BCUT2D eigenvalue weighted by Gasteiger charge is -2.06.